The van der Waals surface area contributed by atoms with Gasteiger partial charge in [0.1, 0.15) is 6.10 Å². The third-order valence-electron chi connectivity index (χ3n) is 1.33. The zero-order valence-electron chi connectivity index (χ0n) is 7.22. The van der Waals surface area contributed by atoms with E-state index in [0.717, 1.165) is 0 Å². The number of phosphoric acid groups is 1. The molecule has 0 amide bonds. The van der Waals surface area contributed by atoms with Gasteiger partial charge >= 0.3 is 7.82 Å². The second-order valence-electron chi connectivity index (χ2n) is 3.12. The van der Waals surface area contributed by atoms with Crippen LogP contribution in [0.1, 0.15) is 20.8 Å². The quantitative estimate of drug-likeness (QED) is 0.338. The van der Waals surface area contributed by atoms with Crippen molar-refractivity contribution in [2.45, 2.75) is 32.4 Å². The van der Waals surface area contributed by atoms with Crippen LogP contribution in [0.5, 0.6) is 0 Å². The van der Waals surface area contributed by atoms with E-state index in [1.54, 1.807) is 20.8 Å². The first-order valence-electron chi connectivity index (χ1n) is 3.32. The molecule has 0 bridgehead atoms. The Morgan fingerprint density at radius 3 is 2.17 bits per heavy atom. The van der Waals surface area contributed by atoms with Crippen molar-refractivity contribution in [3.05, 3.63) is 0 Å². The van der Waals surface area contributed by atoms with E-state index in [1.807, 2.05) is 0 Å². The van der Waals surface area contributed by atoms with Crippen LogP contribution < -0.4 is 5.73 Å². The SMILES string of the molecule is CC(OOP(=O)(O)O)C(C)(C)N. The summed E-state index contributed by atoms with van der Waals surface area (Å²) in [6.45, 7) is 4.86. The van der Waals surface area contributed by atoms with Crippen LogP contribution in [0.2, 0.25) is 0 Å². The Bertz CT molecular complexity index is 183. The molecule has 0 radical (unpaired) electrons. The minimum atomic E-state index is -4.57. The maximum Gasteiger partial charge on any atom is 0.496 e. The van der Waals surface area contributed by atoms with Gasteiger partial charge in [0, 0.05) is 5.54 Å². The molecule has 0 saturated heterocycles. The molecule has 0 rings (SSSR count). The molecule has 0 aliphatic heterocycles. The second kappa shape index (κ2) is 3.83. The maximum atomic E-state index is 10.2. The highest BCUT2D eigenvalue weighted by Gasteiger charge is 2.26. The van der Waals surface area contributed by atoms with E-state index in [4.69, 9.17) is 15.5 Å². The summed E-state index contributed by atoms with van der Waals surface area (Å²) in [5, 5.41) is 0. The van der Waals surface area contributed by atoms with Gasteiger partial charge in [0.25, 0.3) is 0 Å². The van der Waals surface area contributed by atoms with Gasteiger partial charge < -0.3 is 15.5 Å². The van der Waals surface area contributed by atoms with Crippen molar-refractivity contribution < 1.29 is 23.9 Å². The Hall–Kier alpha value is 0.0300. The van der Waals surface area contributed by atoms with E-state index in [-0.39, 0.29) is 0 Å². The van der Waals surface area contributed by atoms with Crippen molar-refractivity contribution in [1.82, 2.24) is 0 Å². The standard InChI is InChI=1S/C5H14NO5P/c1-4(5(2,3)6)10-11-12(7,8)9/h4H,6H2,1-3H3,(H2,7,8,9). The molecule has 0 aromatic carbocycles. The Morgan fingerprint density at radius 2 is 1.92 bits per heavy atom. The Labute approximate surface area is 70.8 Å². The van der Waals surface area contributed by atoms with Gasteiger partial charge in [-0.3, -0.25) is 0 Å². The summed E-state index contributed by atoms with van der Waals surface area (Å²) >= 11 is 0. The Balaban J connectivity index is 3.89. The van der Waals surface area contributed by atoms with Gasteiger partial charge in [-0.05, 0) is 20.8 Å². The predicted molar refractivity (Wildman–Crippen MR) is 41.9 cm³/mol. The minimum Gasteiger partial charge on any atom is -0.323 e. The van der Waals surface area contributed by atoms with E-state index < -0.39 is 19.5 Å². The summed E-state index contributed by atoms with van der Waals surface area (Å²) in [6.07, 6.45) is -0.606. The van der Waals surface area contributed by atoms with Gasteiger partial charge in [0.15, 0.2) is 0 Å². The molecule has 0 aromatic rings. The lowest BCUT2D eigenvalue weighted by Crippen LogP contribution is -2.44. The minimum absolute atomic E-state index is 0.606. The third-order valence-corrected chi connectivity index (χ3v) is 1.61. The first-order valence-corrected chi connectivity index (χ1v) is 4.85. The highest BCUT2D eigenvalue weighted by molar-refractivity contribution is 7.46. The lowest BCUT2D eigenvalue weighted by Gasteiger charge is -2.25. The summed E-state index contributed by atoms with van der Waals surface area (Å²) < 4.78 is 14.0. The van der Waals surface area contributed by atoms with Crippen molar-refractivity contribution in [2.24, 2.45) is 5.73 Å². The summed E-state index contributed by atoms with van der Waals surface area (Å²) in [4.78, 5) is 20.9. The number of nitrogens with two attached hydrogens (primary N) is 1. The van der Waals surface area contributed by atoms with Crippen LogP contribution in [0.15, 0.2) is 0 Å². The predicted octanol–water partition coefficient (Wildman–Crippen LogP) is 0.153. The normalized spacial score (nSPS) is 16.2. The van der Waals surface area contributed by atoms with Gasteiger partial charge in [-0.2, -0.15) is 0 Å². The van der Waals surface area contributed by atoms with Crippen LogP contribution in [0.4, 0.5) is 0 Å². The summed E-state index contributed by atoms with van der Waals surface area (Å²) in [5.74, 6) is 0. The molecule has 0 saturated carbocycles. The van der Waals surface area contributed by atoms with Crippen molar-refractivity contribution in [3.63, 3.8) is 0 Å². The van der Waals surface area contributed by atoms with Gasteiger partial charge in [0.05, 0.1) is 0 Å². The maximum absolute atomic E-state index is 10.2. The molecule has 0 aliphatic rings. The fraction of sp³-hybridized carbons (Fsp3) is 1.00. The van der Waals surface area contributed by atoms with E-state index in [9.17, 15) is 4.57 Å². The first-order chi connectivity index (χ1) is 5.13. The molecule has 6 nitrogen and oxygen atoms in total. The molecular formula is C5H14NO5P. The molecule has 1 atom stereocenters. The fourth-order valence-corrected chi connectivity index (χ4v) is 0.486. The zero-order chi connectivity index (χ0) is 9.99. The van der Waals surface area contributed by atoms with Crippen molar-refractivity contribution in [3.8, 4) is 0 Å². The molecule has 0 heterocycles. The molecular weight excluding hydrogens is 185 g/mol. The van der Waals surface area contributed by atoms with E-state index in [1.165, 1.54) is 0 Å². The van der Waals surface area contributed by atoms with Crippen molar-refractivity contribution in [2.75, 3.05) is 0 Å². The monoisotopic (exact) mass is 199 g/mol. The van der Waals surface area contributed by atoms with Gasteiger partial charge in [-0.25, -0.2) is 9.45 Å². The van der Waals surface area contributed by atoms with E-state index >= 15 is 0 Å². The Morgan fingerprint density at radius 1 is 1.50 bits per heavy atom. The third kappa shape index (κ3) is 5.65. The van der Waals surface area contributed by atoms with Crippen LogP contribution in [-0.4, -0.2) is 21.4 Å². The molecule has 0 spiro atoms. The first kappa shape index (κ1) is 12.0. The molecule has 4 N–H and O–H groups in total. The zero-order valence-corrected chi connectivity index (χ0v) is 8.12. The molecule has 7 heteroatoms. The second-order valence-corrected chi connectivity index (χ2v) is 4.26. The highest BCUT2D eigenvalue weighted by atomic mass is 31.2. The van der Waals surface area contributed by atoms with Crippen LogP contribution in [-0.2, 0) is 14.1 Å². The molecule has 0 aliphatic carbocycles. The molecule has 12 heavy (non-hydrogen) atoms. The fourth-order valence-electron chi connectivity index (χ4n) is 0.245. The topological polar surface area (TPSA) is 102 Å². The molecule has 74 valence electrons. The molecule has 0 fully saturated rings. The number of hydrogen-bond acceptors (Lipinski definition) is 4. The van der Waals surface area contributed by atoms with Crippen LogP contribution in [0.3, 0.4) is 0 Å². The summed E-state index contributed by atoms with van der Waals surface area (Å²) in [5.41, 5.74) is 4.84. The van der Waals surface area contributed by atoms with Crippen LogP contribution in [0.25, 0.3) is 0 Å². The lowest BCUT2D eigenvalue weighted by atomic mass is 10.0. The van der Waals surface area contributed by atoms with Gasteiger partial charge in [-0.15, -0.1) is 4.67 Å². The molecule has 0 aromatic heterocycles. The lowest BCUT2D eigenvalue weighted by molar-refractivity contribution is -0.265. The molecule has 1 unspecified atom stereocenters. The van der Waals surface area contributed by atoms with Crippen LogP contribution >= 0.6 is 7.82 Å². The van der Waals surface area contributed by atoms with Gasteiger partial charge in [0.2, 0.25) is 0 Å². The van der Waals surface area contributed by atoms with Crippen molar-refractivity contribution in [1.29, 1.82) is 0 Å². The number of rotatable bonds is 4. The number of hydrogen-bond donors (Lipinski definition) is 3. The average Bonchev–Trinajstić information content (AvgIpc) is 1.78. The average molecular weight is 199 g/mol. The smallest absolute Gasteiger partial charge is 0.323 e. The van der Waals surface area contributed by atoms with E-state index in [0.29, 0.717) is 0 Å². The van der Waals surface area contributed by atoms with Crippen molar-refractivity contribution >= 4 is 7.82 Å². The van der Waals surface area contributed by atoms with Crippen LogP contribution in [0, 0.1) is 0 Å². The highest BCUT2D eigenvalue weighted by Crippen LogP contribution is 2.36. The largest absolute Gasteiger partial charge is 0.496 e. The van der Waals surface area contributed by atoms with E-state index in [2.05, 4.69) is 9.56 Å². The Kier molecular flexibility index (Phi) is 3.84. The van der Waals surface area contributed by atoms with Gasteiger partial charge in [-0.1, -0.05) is 0 Å². The summed E-state index contributed by atoms with van der Waals surface area (Å²) in [6, 6.07) is 0. The summed E-state index contributed by atoms with van der Waals surface area (Å²) in [7, 11) is -4.57.